The molecule has 1 aromatic carbocycles. The van der Waals surface area contributed by atoms with E-state index in [0.717, 1.165) is 57.9 Å². The van der Waals surface area contributed by atoms with Crippen molar-refractivity contribution in [1.82, 2.24) is 10.6 Å². The van der Waals surface area contributed by atoms with Gasteiger partial charge in [-0.1, -0.05) is 36.8 Å². The van der Waals surface area contributed by atoms with Crippen LogP contribution in [0, 0.1) is 0 Å². The highest BCUT2D eigenvalue weighted by atomic mass is 16.3. The van der Waals surface area contributed by atoms with Crippen molar-refractivity contribution in [3.63, 3.8) is 0 Å². The molecule has 0 atom stereocenters. The van der Waals surface area contributed by atoms with E-state index in [0.29, 0.717) is 0 Å². The first kappa shape index (κ1) is 16.8. The Hall–Kier alpha value is -1.55. The summed E-state index contributed by atoms with van der Waals surface area (Å²) in [6.45, 7) is 0.732. The van der Waals surface area contributed by atoms with Gasteiger partial charge in [-0.3, -0.25) is 0 Å². The highest BCUT2D eigenvalue weighted by Crippen LogP contribution is 2.18. The van der Waals surface area contributed by atoms with Crippen LogP contribution in [-0.2, 0) is 6.42 Å². The molecule has 1 saturated carbocycles. The Kier molecular flexibility index (Phi) is 7.23. The Morgan fingerprint density at radius 3 is 2.50 bits per heavy atom. The monoisotopic (exact) mass is 304 g/mol. The average molecular weight is 304 g/mol. The fraction of sp³-hybridized carbons (Fsp3) is 0.611. The Bertz CT molecular complexity index is 428. The van der Waals surface area contributed by atoms with Crippen LogP contribution in [0.2, 0.25) is 0 Å². The molecule has 4 heteroatoms. The summed E-state index contributed by atoms with van der Waals surface area (Å²) in [6.07, 6.45) is 7.59. The van der Waals surface area contributed by atoms with Crippen LogP contribution in [0.15, 0.2) is 30.3 Å². The molecule has 1 aliphatic rings. The number of aliphatic hydroxyl groups is 1. The molecule has 0 saturated heterocycles. The number of amides is 2. The molecule has 3 N–H and O–H groups in total. The molecule has 0 aliphatic heterocycles. The van der Waals surface area contributed by atoms with E-state index < -0.39 is 0 Å². The molecule has 2 rings (SSSR count). The number of rotatable bonds is 7. The minimum Gasteiger partial charge on any atom is -0.393 e. The van der Waals surface area contributed by atoms with E-state index in [1.54, 1.807) is 0 Å². The van der Waals surface area contributed by atoms with Crippen molar-refractivity contribution in [1.29, 1.82) is 0 Å². The molecule has 4 nitrogen and oxygen atoms in total. The predicted molar refractivity (Wildman–Crippen MR) is 88.8 cm³/mol. The van der Waals surface area contributed by atoms with Gasteiger partial charge in [0, 0.05) is 12.6 Å². The van der Waals surface area contributed by atoms with Gasteiger partial charge in [-0.15, -0.1) is 0 Å². The second-order valence-electron chi connectivity index (χ2n) is 6.20. The van der Waals surface area contributed by atoms with E-state index in [1.165, 1.54) is 5.56 Å². The smallest absolute Gasteiger partial charge is 0.315 e. The summed E-state index contributed by atoms with van der Waals surface area (Å²) in [5.74, 6) is 0. The molecule has 0 unspecified atom stereocenters. The van der Waals surface area contributed by atoms with Crippen LogP contribution >= 0.6 is 0 Å². The lowest BCUT2D eigenvalue weighted by Crippen LogP contribution is -2.44. The number of carbonyl (C=O) groups excluding carboxylic acids is 1. The van der Waals surface area contributed by atoms with Gasteiger partial charge < -0.3 is 15.7 Å². The largest absolute Gasteiger partial charge is 0.393 e. The van der Waals surface area contributed by atoms with E-state index in [4.69, 9.17) is 0 Å². The number of hydrogen-bond donors (Lipinski definition) is 3. The first-order valence-electron chi connectivity index (χ1n) is 8.50. The molecule has 1 aliphatic carbocycles. The Morgan fingerprint density at radius 1 is 1.05 bits per heavy atom. The van der Waals surface area contributed by atoms with E-state index >= 15 is 0 Å². The van der Waals surface area contributed by atoms with Crippen LogP contribution in [-0.4, -0.2) is 29.8 Å². The number of aliphatic hydroxyl groups excluding tert-OH is 1. The fourth-order valence-corrected chi connectivity index (χ4v) is 2.93. The van der Waals surface area contributed by atoms with Gasteiger partial charge in [-0.25, -0.2) is 4.79 Å². The van der Waals surface area contributed by atoms with Crippen molar-refractivity contribution < 1.29 is 9.90 Å². The lowest BCUT2D eigenvalue weighted by atomic mass is 9.93. The van der Waals surface area contributed by atoms with Crippen LogP contribution < -0.4 is 10.6 Å². The van der Waals surface area contributed by atoms with Gasteiger partial charge in [0.2, 0.25) is 0 Å². The normalized spacial score (nSPS) is 21.3. The lowest BCUT2D eigenvalue weighted by Gasteiger charge is -2.26. The summed E-state index contributed by atoms with van der Waals surface area (Å²) in [6, 6.07) is 10.7. The maximum atomic E-state index is 11.8. The summed E-state index contributed by atoms with van der Waals surface area (Å²) in [7, 11) is 0. The summed E-state index contributed by atoms with van der Waals surface area (Å²) in [5, 5.41) is 15.4. The first-order chi connectivity index (χ1) is 10.7. The molecule has 1 aromatic rings. The number of nitrogens with one attached hydrogen (secondary N) is 2. The number of hydrogen-bond acceptors (Lipinski definition) is 2. The molecule has 22 heavy (non-hydrogen) atoms. The highest BCUT2D eigenvalue weighted by molar-refractivity contribution is 5.74. The van der Waals surface area contributed by atoms with Crippen molar-refractivity contribution in [3.05, 3.63) is 35.9 Å². The summed E-state index contributed by atoms with van der Waals surface area (Å²) in [4.78, 5) is 11.8. The molecule has 1 fully saturated rings. The number of aryl methyl sites for hydroxylation is 1. The molecule has 0 radical (unpaired) electrons. The van der Waals surface area contributed by atoms with Gasteiger partial charge in [-0.05, 0) is 50.5 Å². The average Bonchev–Trinajstić information content (AvgIpc) is 2.54. The van der Waals surface area contributed by atoms with Gasteiger partial charge in [0.25, 0.3) is 0 Å². The van der Waals surface area contributed by atoms with Gasteiger partial charge in [0.05, 0.1) is 6.10 Å². The summed E-state index contributed by atoms with van der Waals surface area (Å²) in [5.41, 5.74) is 1.38. The van der Waals surface area contributed by atoms with Gasteiger partial charge in [-0.2, -0.15) is 0 Å². The van der Waals surface area contributed by atoms with Crippen LogP contribution in [0.5, 0.6) is 0 Å². The standard InChI is InChI=1S/C18H28N2O2/c21-17-12-10-16(11-13-17)20-18(22)19-14-6-2-5-9-15-7-3-1-4-8-15/h1,3-4,7-8,16-17,21H,2,5-6,9-14H2,(H2,19,20,22). The third kappa shape index (κ3) is 6.48. The fourth-order valence-electron chi connectivity index (χ4n) is 2.93. The topological polar surface area (TPSA) is 61.4 Å². The maximum absolute atomic E-state index is 11.8. The van der Waals surface area contributed by atoms with Gasteiger partial charge in [0.15, 0.2) is 0 Å². The minimum atomic E-state index is -0.175. The number of urea groups is 1. The molecular formula is C18H28N2O2. The van der Waals surface area contributed by atoms with E-state index in [9.17, 15) is 9.90 Å². The van der Waals surface area contributed by atoms with Crippen LogP contribution in [0.25, 0.3) is 0 Å². The quantitative estimate of drug-likeness (QED) is 0.678. The molecule has 122 valence electrons. The molecular weight excluding hydrogens is 276 g/mol. The van der Waals surface area contributed by atoms with Gasteiger partial charge in [0.1, 0.15) is 0 Å². The Balaban J connectivity index is 1.47. The van der Waals surface area contributed by atoms with Gasteiger partial charge >= 0.3 is 6.03 Å². The lowest BCUT2D eigenvalue weighted by molar-refractivity contribution is 0.117. The highest BCUT2D eigenvalue weighted by Gasteiger charge is 2.20. The zero-order valence-electron chi connectivity index (χ0n) is 13.3. The molecule has 0 spiro atoms. The number of carbonyl (C=O) groups is 1. The summed E-state index contributed by atoms with van der Waals surface area (Å²) < 4.78 is 0. The zero-order chi connectivity index (χ0) is 15.6. The van der Waals surface area contributed by atoms with Crippen molar-refractivity contribution in [2.75, 3.05) is 6.54 Å². The van der Waals surface area contributed by atoms with Crippen LogP contribution in [0.4, 0.5) is 4.79 Å². The third-order valence-electron chi connectivity index (χ3n) is 4.30. The molecule has 0 bridgehead atoms. The third-order valence-corrected chi connectivity index (χ3v) is 4.30. The molecule has 2 amide bonds. The van der Waals surface area contributed by atoms with Crippen molar-refractivity contribution in [3.8, 4) is 0 Å². The van der Waals surface area contributed by atoms with E-state index in [1.807, 2.05) is 6.07 Å². The minimum absolute atomic E-state index is 0.0653. The zero-order valence-corrected chi connectivity index (χ0v) is 13.3. The maximum Gasteiger partial charge on any atom is 0.315 e. The summed E-state index contributed by atoms with van der Waals surface area (Å²) >= 11 is 0. The predicted octanol–water partition coefficient (Wildman–Crippen LogP) is 3.00. The van der Waals surface area contributed by atoms with Crippen LogP contribution in [0.3, 0.4) is 0 Å². The number of unbranched alkanes of at least 4 members (excludes halogenated alkanes) is 2. The number of benzene rings is 1. The second-order valence-corrected chi connectivity index (χ2v) is 6.20. The van der Waals surface area contributed by atoms with Crippen LogP contribution in [0.1, 0.15) is 50.5 Å². The van der Waals surface area contributed by atoms with Crippen molar-refractivity contribution in [2.24, 2.45) is 0 Å². The van der Waals surface area contributed by atoms with Crippen molar-refractivity contribution >= 4 is 6.03 Å². The van der Waals surface area contributed by atoms with Crippen molar-refractivity contribution in [2.45, 2.75) is 63.5 Å². The molecule has 0 heterocycles. The van der Waals surface area contributed by atoms with E-state index in [2.05, 4.69) is 34.9 Å². The van der Waals surface area contributed by atoms with E-state index in [-0.39, 0.29) is 18.2 Å². The second kappa shape index (κ2) is 9.46. The SMILES string of the molecule is O=C(NCCCCCc1ccccc1)NC1CCC(O)CC1. The Labute approximate surface area is 133 Å². The molecule has 0 aromatic heterocycles. The first-order valence-corrected chi connectivity index (χ1v) is 8.50. The Morgan fingerprint density at radius 2 is 1.77 bits per heavy atom.